The summed E-state index contributed by atoms with van der Waals surface area (Å²) in [6.45, 7) is 5.02. The van der Waals surface area contributed by atoms with Gasteiger partial charge in [-0.05, 0) is 24.5 Å². The molecule has 1 aromatic carbocycles. The van der Waals surface area contributed by atoms with Gasteiger partial charge in [-0.2, -0.15) is 4.31 Å². The number of benzene rings is 1. The van der Waals surface area contributed by atoms with Gasteiger partial charge in [0.25, 0.3) is 0 Å². The van der Waals surface area contributed by atoms with Crippen molar-refractivity contribution in [3.63, 3.8) is 0 Å². The fourth-order valence-electron chi connectivity index (χ4n) is 3.28. The number of hydrogen-bond acceptors (Lipinski definition) is 6. The average Bonchev–Trinajstić information content (AvgIpc) is 3.10. The number of piperazine rings is 1. The molecule has 1 N–H and O–H groups in total. The average molecular weight is 392 g/mol. The maximum absolute atomic E-state index is 13.3. The molecule has 1 aromatic heterocycles. The lowest BCUT2D eigenvalue weighted by Gasteiger charge is -2.35. The Labute approximate surface area is 159 Å². The molecule has 27 heavy (non-hydrogen) atoms. The van der Waals surface area contributed by atoms with Crippen LogP contribution in [0.5, 0.6) is 0 Å². The molecule has 1 aliphatic rings. The number of esters is 1. The summed E-state index contributed by atoms with van der Waals surface area (Å²) in [6, 6.07) is 8.91. The van der Waals surface area contributed by atoms with Crippen LogP contribution >= 0.6 is 0 Å². The molecular weight excluding hydrogens is 368 g/mol. The molecule has 0 aliphatic carbocycles. The van der Waals surface area contributed by atoms with E-state index in [4.69, 9.17) is 4.42 Å². The smallest absolute Gasteiger partial charge is 0.373 e. The largest absolute Gasteiger partial charge is 0.463 e. The van der Waals surface area contributed by atoms with Crippen LogP contribution in [0.4, 0.5) is 0 Å². The van der Waals surface area contributed by atoms with E-state index in [-0.39, 0.29) is 22.5 Å². The summed E-state index contributed by atoms with van der Waals surface area (Å²) in [5, 5.41) is 3.26. The molecule has 8 heteroatoms. The Kier molecular flexibility index (Phi) is 5.69. The van der Waals surface area contributed by atoms with Gasteiger partial charge in [-0.25, -0.2) is 13.2 Å². The molecule has 3 rings (SSSR count). The van der Waals surface area contributed by atoms with Crippen LogP contribution in [0, 0.1) is 6.92 Å². The first-order chi connectivity index (χ1) is 12.9. The van der Waals surface area contributed by atoms with E-state index in [0.717, 1.165) is 12.0 Å². The molecule has 1 saturated heterocycles. The van der Waals surface area contributed by atoms with Crippen LogP contribution in [0.2, 0.25) is 0 Å². The first-order valence-electron chi connectivity index (χ1n) is 8.88. The van der Waals surface area contributed by atoms with Crippen LogP contribution < -0.4 is 5.32 Å². The van der Waals surface area contributed by atoms with E-state index in [1.165, 1.54) is 30.0 Å². The highest BCUT2D eigenvalue weighted by Crippen LogP contribution is 2.32. The Morgan fingerprint density at radius 3 is 2.67 bits per heavy atom. The van der Waals surface area contributed by atoms with Crippen molar-refractivity contribution in [1.82, 2.24) is 9.62 Å². The fourth-order valence-corrected chi connectivity index (χ4v) is 5.06. The van der Waals surface area contributed by atoms with Crippen molar-refractivity contribution in [2.75, 3.05) is 26.7 Å². The number of furan rings is 1. The van der Waals surface area contributed by atoms with Crippen LogP contribution in [0.15, 0.2) is 39.6 Å². The molecule has 2 heterocycles. The predicted octanol–water partition coefficient (Wildman–Crippen LogP) is 2.27. The molecule has 1 unspecified atom stereocenters. The van der Waals surface area contributed by atoms with E-state index in [2.05, 4.69) is 17.0 Å². The normalized spacial score (nSPS) is 18.4. The van der Waals surface area contributed by atoms with Crippen LogP contribution in [-0.2, 0) is 21.2 Å². The quantitative estimate of drug-likeness (QED) is 0.786. The molecule has 146 valence electrons. The zero-order valence-corrected chi connectivity index (χ0v) is 16.5. The first kappa shape index (κ1) is 19.6. The highest BCUT2D eigenvalue weighted by Gasteiger charge is 2.37. The van der Waals surface area contributed by atoms with Crippen molar-refractivity contribution in [2.45, 2.75) is 31.2 Å². The number of nitrogens with zero attached hydrogens (tertiary/aromatic N) is 1. The number of sulfonamides is 1. The zero-order valence-electron chi connectivity index (χ0n) is 15.7. The van der Waals surface area contributed by atoms with Gasteiger partial charge in [0, 0.05) is 25.7 Å². The lowest BCUT2D eigenvalue weighted by molar-refractivity contribution is 0.0563. The number of nitrogens with one attached hydrogen (secondary N) is 1. The number of rotatable bonds is 5. The molecule has 7 nitrogen and oxygen atoms in total. The maximum atomic E-state index is 13.3. The van der Waals surface area contributed by atoms with Gasteiger partial charge in [0.05, 0.1) is 13.2 Å². The van der Waals surface area contributed by atoms with Crippen LogP contribution in [0.1, 0.15) is 40.4 Å². The van der Waals surface area contributed by atoms with E-state index in [1.54, 1.807) is 0 Å². The van der Waals surface area contributed by atoms with Crippen molar-refractivity contribution in [3.05, 3.63) is 53.0 Å². The molecule has 0 bridgehead atoms. The molecule has 0 radical (unpaired) electrons. The minimum atomic E-state index is -3.83. The second-order valence-corrected chi connectivity index (χ2v) is 8.31. The van der Waals surface area contributed by atoms with Gasteiger partial charge in [-0.1, -0.05) is 31.2 Å². The topological polar surface area (TPSA) is 88.9 Å². The Hall–Kier alpha value is -2.16. The molecule has 0 saturated carbocycles. The van der Waals surface area contributed by atoms with E-state index in [0.29, 0.717) is 19.6 Å². The number of aryl methyl sites for hydroxylation is 2. The number of hydrogen-bond donors (Lipinski definition) is 1. The summed E-state index contributed by atoms with van der Waals surface area (Å²) in [6.07, 6.45) is 0.926. The van der Waals surface area contributed by atoms with Crippen molar-refractivity contribution in [3.8, 4) is 0 Å². The summed E-state index contributed by atoms with van der Waals surface area (Å²) < 4.78 is 38.1. The highest BCUT2D eigenvalue weighted by atomic mass is 32.2. The molecule has 0 spiro atoms. The standard InChI is InChI=1S/C19H24N2O5S/c1-4-14-5-7-15(8-6-14)16-12-20-9-10-21(16)27(23,24)18-11-17(19(22)25-3)26-13(18)2/h5-8,11,16,20H,4,9-10,12H2,1-3H3. The summed E-state index contributed by atoms with van der Waals surface area (Å²) in [4.78, 5) is 11.7. The number of carbonyl (C=O) groups excluding carboxylic acids is 1. The molecule has 1 atom stereocenters. The Balaban J connectivity index is 1.98. The molecule has 1 aliphatic heterocycles. The van der Waals surface area contributed by atoms with Gasteiger partial charge >= 0.3 is 5.97 Å². The summed E-state index contributed by atoms with van der Waals surface area (Å²) in [5.74, 6) is -0.645. The van der Waals surface area contributed by atoms with Crippen molar-refractivity contribution < 1.29 is 22.4 Å². The minimum Gasteiger partial charge on any atom is -0.463 e. The highest BCUT2D eigenvalue weighted by molar-refractivity contribution is 7.89. The van der Waals surface area contributed by atoms with Gasteiger partial charge in [0.1, 0.15) is 10.7 Å². The van der Waals surface area contributed by atoms with Gasteiger partial charge in [-0.15, -0.1) is 0 Å². The second kappa shape index (κ2) is 7.84. The van der Waals surface area contributed by atoms with Crippen LogP contribution in [0.3, 0.4) is 0 Å². The number of carbonyl (C=O) groups is 1. The second-order valence-electron chi connectivity index (χ2n) is 6.45. The maximum Gasteiger partial charge on any atom is 0.373 e. The SMILES string of the molecule is CCc1ccc(C2CNCCN2S(=O)(=O)c2cc(C(=O)OC)oc2C)cc1. The summed E-state index contributed by atoms with van der Waals surface area (Å²) in [5.41, 5.74) is 2.13. The van der Waals surface area contributed by atoms with E-state index in [9.17, 15) is 13.2 Å². The zero-order chi connectivity index (χ0) is 19.6. The minimum absolute atomic E-state index is 0.0000201. The molecule has 1 fully saturated rings. The Bertz CT molecular complexity index is 918. The van der Waals surface area contributed by atoms with Gasteiger partial charge in [0.2, 0.25) is 15.8 Å². The fraction of sp³-hybridized carbons (Fsp3) is 0.421. The monoisotopic (exact) mass is 392 g/mol. The van der Waals surface area contributed by atoms with E-state index < -0.39 is 16.0 Å². The van der Waals surface area contributed by atoms with E-state index in [1.807, 2.05) is 24.3 Å². The lowest BCUT2D eigenvalue weighted by atomic mass is 10.0. The Morgan fingerprint density at radius 2 is 2.04 bits per heavy atom. The van der Waals surface area contributed by atoms with Crippen molar-refractivity contribution in [2.24, 2.45) is 0 Å². The molecular formula is C19H24N2O5S. The number of methoxy groups -OCH3 is 1. The van der Waals surface area contributed by atoms with Crippen LogP contribution in [0.25, 0.3) is 0 Å². The van der Waals surface area contributed by atoms with Gasteiger partial charge in [-0.3, -0.25) is 0 Å². The van der Waals surface area contributed by atoms with Crippen molar-refractivity contribution >= 4 is 16.0 Å². The van der Waals surface area contributed by atoms with Crippen molar-refractivity contribution in [1.29, 1.82) is 0 Å². The Morgan fingerprint density at radius 1 is 1.33 bits per heavy atom. The predicted molar refractivity (Wildman–Crippen MR) is 100 cm³/mol. The molecule has 2 aromatic rings. The third kappa shape index (κ3) is 3.78. The summed E-state index contributed by atoms with van der Waals surface area (Å²) >= 11 is 0. The lowest BCUT2D eigenvalue weighted by Crippen LogP contribution is -2.48. The third-order valence-corrected chi connectivity index (χ3v) is 6.83. The third-order valence-electron chi connectivity index (χ3n) is 4.81. The molecule has 0 amide bonds. The van der Waals surface area contributed by atoms with E-state index >= 15 is 0 Å². The van der Waals surface area contributed by atoms with Gasteiger partial charge in [0.15, 0.2) is 0 Å². The first-order valence-corrected chi connectivity index (χ1v) is 10.3. The van der Waals surface area contributed by atoms with Crippen LogP contribution in [-0.4, -0.2) is 45.4 Å². The summed E-state index contributed by atoms with van der Waals surface area (Å²) in [7, 11) is -2.61. The van der Waals surface area contributed by atoms with Gasteiger partial charge < -0.3 is 14.5 Å². The number of ether oxygens (including phenoxy) is 1.